The third kappa shape index (κ3) is 6.18. The molecule has 0 atom stereocenters. The third-order valence-electron chi connectivity index (χ3n) is 5.33. The molecule has 160 valence electrons. The molecule has 0 radical (unpaired) electrons. The van der Waals surface area contributed by atoms with E-state index in [0.29, 0.717) is 17.2 Å². The van der Waals surface area contributed by atoms with Crippen LogP contribution in [0.1, 0.15) is 42.6 Å². The van der Waals surface area contributed by atoms with Gasteiger partial charge in [-0.25, -0.2) is 9.59 Å². The van der Waals surface area contributed by atoms with Crippen molar-refractivity contribution in [3.63, 3.8) is 0 Å². The van der Waals surface area contributed by atoms with Crippen LogP contribution in [0, 0.1) is 9.49 Å². The summed E-state index contributed by atoms with van der Waals surface area (Å²) in [6.45, 7) is 6.04. The molecular weight excluding hydrogens is 495 g/mol. The molecule has 1 amide bonds. The molecule has 0 aliphatic carbocycles. The van der Waals surface area contributed by atoms with Gasteiger partial charge in [0.15, 0.2) is 0 Å². The third-order valence-corrected chi connectivity index (χ3v) is 6.22. The Balaban J connectivity index is 1.57. The van der Waals surface area contributed by atoms with E-state index in [2.05, 4.69) is 33.2 Å². The molecule has 1 fully saturated rings. The summed E-state index contributed by atoms with van der Waals surface area (Å²) >= 11 is 2.09. The first-order chi connectivity index (χ1) is 14.3. The molecular formula is C23H27IN2O4. The van der Waals surface area contributed by atoms with E-state index in [9.17, 15) is 9.59 Å². The number of hydrogen-bond donors (Lipinski definition) is 2. The molecule has 0 bridgehead atoms. The van der Waals surface area contributed by atoms with Gasteiger partial charge in [0.1, 0.15) is 12.2 Å². The summed E-state index contributed by atoms with van der Waals surface area (Å²) in [4.78, 5) is 24.8. The van der Waals surface area contributed by atoms with E-state index in [1.54, 1.807) is 18.2 Å². The molecule has 0 spiro atoms. The maximum atomic E-state index is 12.7. The topological polar surface area (TPSA) is 76.7 Å². The minimum Gasteiger partial charge on any atom is -0.456 e. The Morgan fingerprint density at radius 2 is 1.83 bits per heavy atom. The van der Waals surface area contributed by atoms with Gasteiger partial charge in [-0.3, -0.25) is 5.32 Å². The van der Waals surface area contributed by atoms with Gasteiger partial charge in [0.05, 0.1) is 11.3 Å². The van der Waals surface area contributed by atoms with Crippen LogP contribution in [-0.4, -0.2) is 30.8 Å². The second-order valence-electron chi connectivity index (χ2n) is 7.90. The average Bonchev–Trinajstić information content (AvgIpc) is 2.75. The van der Waals surface area contributed by atoms with Crippen LogP contribution in [0.4, 0.5) is 10.5 Å². The molecule has 7 heteroatoms. The van der Waals surface area contributed by atoms with E-state index in [-0.39, 0.29) is 12.6 Å². The fraction of sp³-hybridized carbons (Fsp3) is 0.391. The van der Waals surface area contributed by atoms with Crippen molar-refractivity contribution < 1.29 is 19.1 Å². The van der Waals surface area contributed by atoms with Gasteiger partial charge >= 0.3 is 12.1 Å². The summed E-state index contributed by atoms with van der Waals surface area (Å²) < 4.78 is 11.8. The predicted octanol–water partition coefficient (Wildman–Crippen LogP) is 4.97. The smallest absolute Gasteiger partial charge is 0.411 e. The number of esters is 1. The van der Waals surface area contributed by atoms with Crippen molar-refractivity contribution in [2.24, 2.45) is 5.92 Å². The number of piperidine rings is 1. The van der Waals surface area contributed by atoms with Crippen LogP contribution < -0.4 is 10.6 Å². The molecule has 0 unspecified atom stereocenters. The molecule has 1 aliphatic rings. The summed E-state index contributed by atoms with van der Waals surface area (Å²) in [5.41, 5.74) is 1.44. The van der Waals surface area contributed by atoms with Crippen molar-refractivity contribution in [2.45, 2.75) is 38.9 Å². The van der Waals surface area contributed by atoms with Crippen LogP contribution in [0.25, 0.3) is 0 Å². The van der Waals surface area contributed by atoms with Crippen LogP contribution in [0.15, 0.2) is 48.5 Å². The number of amides is 1. The Kier molecular flexibility index (Phi) is 7.71. The monoisotopic (exact) mass is 522 g/mol. The lowest BCUT2D eigenvalue weighted by Crippen LogP contribution is -2.42. The van der Waals surface area contributed by atoms with E-state index in [1.807, 2.05) is 44.2 Å². The van der Waals surface area contributed by atoms with E-state index >= 15 is 0 Å². The largest absolute Gasteiger partial charge is 0.456 e. The molecule has 2 N–H and O–H groups in total. The number of halogens is 1. The molecule has 1 aliphatic heterocycles. The van der Waals surface area contributed by atoms with Gasteiger partial charge in [0.25, 0.3) is 0 Å². The molecule has 30 heavy (non-hydrogen) atoms. The van der Waals surface area contributed by atoms with Gasteiger partial charge in [-0.1, -0.05) is 30.3 Å². The minimum absolute atomic E-state index is 0.194. The number of ether oxygens (including phenoxy) is 2. The van der Waals surface area contributed by atoms with Crippen LogP contribution in [-0.2, 0) is 16.1 Å². The fourth-order valence-corrected chi connectivity index (χ4v) is 4.16. The molecule has 0 saturated carbocycles. The summed E-state index contributed by atoms with van der Waals surface area (Å²) in [5, 5.41) is 6.05. The van der Waals surface area contributed by atoms with E-state index in [1.165, 1.54) is 0 Å². The van der Waals surface area contributed by atoms with Crippen LogP contribution in [0.2, 0.25) is 0 Å². The molecule has 1 saturated heterocycles. The van der Waals surface area contributed by atoms with Crippen LogP contribution >= 0.6 is 22.6 Å². The first kappa shape index (κ1) is 22.6. The highest BCUT2D eigenvalue weighted by Gasteiger charge is 2.34. The standard InChI is InChI=1S/C23H27IN2O4/c1-23(2,18-10-12-25-13-11-18)30-21(27)17-8-9-20(19(24)14-17)26-22(28)29-15-16-6-4-3-5-7-16/h3-9,14,18,25H,10-13,15H2,1-2H3,(H,26,28). The lowest BCUT2D eigenvalue weighted by molar-refractivity contribution is -0.0368. The van der Waals surface area contributed by atoms with Gasteiger partial charge in [-0.2, -0.15) is 0 Å². The Labute approximate surface area is 190 Å². The summed E-state index contributed by atoms with van der Waals surface area (Å²) in [6.07, 6.45) is 1.44. The average molecular weight is 522 g/mol. The maximum Gasteiger partial charge on any atom is 0.411 e. The SMILES string of the molecule is CC(C)(OC(=O)c1ccc(NC(=O)OCc2ccccc2)c(I)c1)C1CCNCC1. The Morgan fingerprint density at radius 1 is 1.13 bits per heavy atom. The Hall–Kier alpha value is -2.13. The van der Waals surface area contributed by atoms with Crippen molar-refractivity contribution >= 4 is 40.3 Å². The first-order valence-electron chi connectivity index (χ1n) is 10.1. The van der Waals surface area contributed by atoms with E-state index in [0.717, 1.165) is 35.1 Å². The van der Waals surface area contributed by atoms with Crippen LogP contribution in [0.5, 0.6) is 0 Å². The van der Waals surface area contributed by atoms with Gasteiger partial charge in [-0.05, 0) is 86.1 Å². The molecule has 1 heterocycles. The molecule has 6 nitrogen and oxygen atoms in total. The fourth-order valence-electron chi connectivity index (χ4n) is 3.51. The van der Waals surface area contributed by atoms with Gasteiger partial charge in [-0.15, -0.1) is 0 Å². The normalized spacial score (nSPS) is 14.8. The van der Waals surface area contributed by atoms with Crippen molar-refractivity contribution in [1.29, 1.82) is 0 Å². The first-order valence-corrected chi connectivity index (χ1v) is 11.1. The molecule has 0 aromatic heterocycles. The molecule has 2 aromatic carbocycles. The lowest BCUT2D eigenvalue weighted by Gasteiger charge is -2.36. The lowest BCUT2D eigenvalue weighted by atomic mass is 9.83. The van der Waals surface area contributed by atoms with Crippen molar-refractivity contribution in [2.75, 3.05) is 18.4 Å². The zero-order chi connectivity index (χ0) is 21.6. The number of benzene rings is 2. The molecule has 2 aromatic rings. The highest BCUT2D eigenvalue weighted by Crippen LogP contribution is 2.30. The Bertz CT molecular complexity index is 880. The van der Waals surface area contributed by atoms with Crippen molar-refractivity contribution in [1.82, 2.24) is 5.32 Å². The second-order valence-corrected chi connectivity index (χ2v) is 9.06. The highest BCUT2D eigenvalue weighted by atomic mass is 127. The number of carbonyl (C=O) groups is 2. The number of rotatable bonds is 6. The number of carbonyl (C=O) groups excluding carboxylic acids is 2. The summed E-state index contributed by atoms with van der Waals surface area (Å²) in [6, 6.07) is 14.6. The second kappa shape index (κ2) is 10.3. The minimum atomic E-state index is -0.542. The van der Waals surface area contributed by atoms with Crippen molar-refractivity contribution in [3.05, 3.63) is 63.2 Å². The maximum absolute atomic E-state index is 12.7. The van der Waals surface area contributed by atoms with Gasteiger partial charge in [0, 0.05) is 9.49 Å². The van der Waals surface area contributed by atoms with E-state index in [4.69, 9.17) is 9.47 Å². The number of anilines is 1. The predicted molar refractivity (Wildman–Crippen MR) is 124 cm³/mol. The summed E-state index contributed by atoms with van der Waals surface area (Å²) in [7, 11) is 0. The zero-order valence-corrected chi connectivity index (χ0v) is 19.4. The molecule has 3 rings (SSSR count). The number of hydrogen-bond acceptors (Lipinski definition) is 5. The number of nitrogens with one attached hydrogen (secondary N) is 2. The van der Waals surface area contributed by atoms with Crippen molar-refractivity contribution in [3.8, 4) is 0 Å². The zero-order valence-electron chi connectivity index (χ0n) is 17.2. The highest BCUT2D eigenvalue weighted by molar-refractivity contribution is 14.1. The van der Waals surface area contributed by atoms with Gasteiger partial charge < -0.3 is 14.8 Å². The summed E-state index contributed by atoms with van der Waals surface area (Å²) in [5.74, 6) is -0.0169. The van der Waals surface area contributed by atoms with Gasteiger partial charge in [0.2, 0.25) is 0 Å². The van der Waals surface area contributed by atoms with E-state index < -0.39 is 11.7 Å². The quantitative estimate of drug-likeness (QED) is 0.414. The Morgan fingerprint density at radius 3 is 2.50 bits per heavy atom. The van der Waals surface area contributed by atoms with Crippen LogP contribution in [0.3, 0.4) is 0 Å².